The molecular weight excluding hydrogens is 425 g/mol. The zero-order valence-corrected chi connectivity index (χ0v) is 17.9. The molecule has 0 amide bonds. The van der Waals surface area contributed by atoms with E-state index in [2.05, 4.69) is 10.1 Å². The van der Waals surface area contributed by atoms with E-state index < -0.39 is 10.0 Å². The van der Waals surface area contributed by atoms with E-state index in [1.165, 1.54) is 42.8 Å². The molecule has 31 heavy (non-hydrogen) atoms. The summed E-state index contributed by atoms with van der Waals surface area (Å²) in [6.07, 6.45) is 1.10. The summed E-state index contributed by atoms with van der Waals surface area (Å²) in [5.41, 5.74) is 0.507. The van der Waals surface area contributed by atoms with Crippen LogP contribution in [0.3, 0.4) is 0 Å². The lowest BCUT2D eigenvalue weighted by molar-refractivity contribution is 0.306. The minimum absolute atomic E-state index is 0.0390. The third-order valence-electron chi connectivity index (χ3n) is 5.33. The molecule has 164 valence electrons. The van der Waals surface area contributed by atoms with Crippen LogP contribution in [0.5, 0.6) is 11.5 Å². The monoisotopic (exact) mass is 447 g/mol. The third kappa shape index (κ3) is 4.26. The molecular formula is C21H22FN3O5S. The lowest BCUT2D eigenvalue weighted by Gasteiger charge is -2.29. The topological polar surface area (TPSA) is 94.8 Å². The van der Waals surface area contributed by atoms with Crippen LogP contribution in [0.25, 0.3) is 11.5 Å². The maximum absolute atomic E-state index is 13.4. The number of nitrogens with zero attached hydrogens (tertiary/aromatic N) is 3. The normalized spacial score (nSPS) is 15.7. The minimum atomic E-state index is -3.68. The van der Waals surface area contributed by atoms with E-state index in [0.717, 1.165) is 0 Å². The predicted molar refractivity (Wildman–Crippen MR) is 110 cm³/mol. The van der Waals surface area contributed by atoms with Gasteiger partial charge in [0, 0.05) is 30.6 Å². The molecule has 0 aliphatic carbocycles. The van der Waals surface area contributed by atoms with Crippen molar-refractivity contribution < 1.29 is 26.8 Å². The van der Waals surface area contributed by atoms with Crippen LogP contribution in [0, 0.1) is 5.82 Å². The van der Waals surface area contributed by atoms with Crippen molar-refractivity contribution in [3.8, 4) is 23.0 Å². The average Bonchev–Trinajstić information content (AvgIpc) is 3.29. The van der Waals surface area contributed by atoms with E-state index in [9.17, 15) is 12.8 Å². The van der Waals surface area contributed by atoms with Gasteiger partial charge in [0.15, 0.2) is 17.3 Å². The van der Waals surface area contributed by atoms with Gasteiger partial charge < -0.3 is 14.0 Å². The Morgan fingerprint density at radius 2 is 1.81 bits per heavy atom. The molecule has 1 aromatic heterocycles. The maximum atomic E-state index is 13.4. The molecule has 0 radical (unpaired) electrons. The molecule has 2 heterocycles. The fourth-order valence-corrected chi connectivity index (χ4v) is 5.11. The first-order valence-corrected chi connectivity index (χ1v) is 11.2. The Labute approximate surface area is 179 Å². The van der Waals surface area contributed by atoms with E-state index in [1.54, 1.807) is 18.2 Å². The van der Waals surface area contributed by atoms with Crippen LogP contribution < -0.4 is 9.47 Å². The molecule has 1 aliphatic heterocycles. The molecule has 8 nitrogen and oxygen atoms in total. The van der Waals surface area contributed by atoms with Crippen molar-refractivity contribution in [2.24, 2.45) is 0 Å². The number of hydrogen-bond acceptors (Lipinski definition) is 7. The summed E-state index contributed by atoms with van der Waals surface area (Å²) in [6.45, 7) is 0.649. The zero-order valence-electron chi connectivity index (χ0n) is 17.1. The summed E-state index contributed by atoms with van der Waals surface area (Å²) in [7, 11) is -0.720. The number of benzene rings is 2. The Morgan fingerprint density at radius 3 is 2.48 bits per heavy atom. The highest BCUT2D eigenvalue weighted by molar-refractivity contribution is 7.89. The van der Waals surface area contributed by atoms with Crippen molar-refractivity contribution in [3.63, 3.8) is 0 Å². The van der Waals surface area contributed by atoms with Gasteiger partial charge in [0.25, 0.3) is 5.89 Å². The molecule has 1 fully saturated rings. The molecule has 0 spiro atoms. The SMILES string of the molecule is COc1ccc(S(=O)(=O)N2CCC(c3noc(-c4cccc(F)c4)n3)CC2)cc1OC. The number of halogens is 1. The molecule has 4 rings (SSSR count). The van der Waals surface area contributed by atoms with Crippen LogP contribution in [0.1, 0.15) is 24.6 Å². The number of rotatable bonds is 6. The smallest absolute Gasteiger partial charge is 0.258 e. The van der Waals surface area contributed by atoms with Gasteiger partial charge in [-0.2, -0.15) is 9.29 Å². The highest BCUT2D eigenvalue weighted by Crippen LogP contribution is 2.34. The van der Waals surface area contributed by atoms with Crippen LogP contribution in [-0.2, 0) is 10.0 Å². The molecule has 3 aromatic rings. The number of ether oxygens (including phenoxy) is 2. The molecule has 0 N–H and O–H groups in total. The second-order valence-corrected chi connectivity index (χ2v) is 9.10. The number of sulfonamides is 1. The van der Waals surface area contributed by atoms with Crippen LogP contribution in [0.2, 0.25) is 0 Å². The number of hydrogen-bond donors (Lipinski definition) is 0. The highest BCUT2D eigenvalue weighted by atomic mass is 32.2. The molecule has 2 aromatic carbocycles. The van der Waals surface area contributed by atoms with Gasteiger partial charge in [0.05, 0.1) is 19.1 Å². The van der Waals surface area contributed by atoms with Gasteiger partial charge >= 0.3 is 0 Å². The van der Waals surface area contributed by atoms with Gasteiger partial charge in [-0.05, 0) is 43.2 Å². The van der Waals surface area contributed by atoms with Gasteiger partial charge in [-0.1, -0.05) is 11.2 Å². The van der Waals surface area contributed by atoms with Crippen molar-refractivity contribution in [1.82, 2.24) is 14.4 Å². The van der Waals surface area contributed by atoms with Crippen LogP contribution in [0.4, 0.5) is 4.39 Å². The Kier molecular flexibility index (Phi) is 5.92. The third-order valence-corrected chi connectivity index (χ3v) is 7.22. The van der Waals surface area contributed by atoms with Gasteiger partial charge in [-0.25, -0.2) is 12.8 Å². The van der Waals surface area contributed by atoms with Crippen molar-refractivity contribution >= 4 is 10.0 Å². The summed E-state index contributed by atoms with van der Waals surface area (Å²) in [5, 5.41) is 4.03. The summed E-state index contributed by atoms with van der Waals surface area (Å²) >= 11 is 0. The molecule has 0 atom stereocenters. The Morgan fingerprint density at radius 1 is 1.06 bits per heavy atom. The van der Waals surface area contributed by atoms with Gasteiger partial charge in [0.2, 0.25) is 10.0 Å². The van der Waals surface area contributed by atoms with Crippen LogP contribution in [-0.4, -0.2) is 50.2 Å². The fourth-order valence-electron chi connectivity index (χ4n) is 3.62. The second kappa shape index (κ2) is 8.64. The fraction of sp³-hybridized carbons (Fsp3) is 0.333. The van der Waals surface area contributed by atoms with E-state index in [0.29, 0.717) is 48.8 Å². The molecule has 1 aliphatic rings. The summed E-state index contributed by atoms with van der Waals surface area (Å²) in [5.74, 6) is 1.15. The highest BCUT2D eigenvalue weighted by Gasteiger charge is 2.32. The first-order chi connectivity index (χ1) is 14.9. The first-order valence-electron chi connectivity index (χ1n) is 9.74. The summed E-state index contributed by atoms with van der Waals surface area (Å²) in [6, 6.07) is 10.5. The Bertz CT molecular complexity index is 1170. The van der Waals surface area contributed by atoms with E-state index in [-0.39, 0.29) is 22.5 Å². The van der Waals surface area contributed by atoms with Gasteiger partial charge in [-0.3, -0.25) is 0 Å². The Balaban J connectivity index is 1.46. The first kappa shape index (κ1) is 21.3. The molecule has 0 unspecified atom stereocenters. The second-order valence-electron chi connectivity index (χ2n) is 7.16. The van der Waals surface area contributed by atoms with E-state index in [4.69, 9.17) is 14.0 Å². The predicted octanol–water partition coefficient (Wildman–Crippen LogP) is 3.46. The summed E-state index contributed by atoms with van der Waals surface area (Å²) < 4.78 is 56.7. The lowest BCUT2D eigenvalue weighted by atomic mass is 9.97. The molecule has 0 saturated carbocycles. The number of aromatic nitrogens is 2. The Hall–Kier alpha value is -2.98. The maximum Gasteiger partial charge on any atom is 0.258 e. The summed E-state index contributed by atoms with van der Waals surface area (Å²) in [4.78, 5) is 4.54. The van der Waals surface area contributed by atoms with Gasteiger partial charge in [0.1, 0.15) is 5.82 Å². The quantitative estimate of drug-likeness (QED) is 0.571. The number of piperidine rings is 1. The molecule has 0 bridgehead atoms. The molecule has 10 heteroatoms. The van der Waals surface area contributed by atoms with Gasteiger partial charge in [-0.15, -0.1) is 0 Å². The average molecular weight is 447 g/mol. The lowest BCUT2D eigenvalue weighted by Crippen LogP contribution is -2.38. The van der Waals surface area contributed by atoms with E-state index in [1.807, 2.05) is 0 Å². The van der Waals surface area contributed by atoms with Crippen molar-refractivity contribution in [3.05, 3.63) is 54.1 Å². The number of methoxy groups -OCH3 is 2. The molecule has 1 saturated heterocycles. The minimum Gasteiger partial charge on any atom is -0.493 e. The van der Waals surface area contributed by atoms with E-state index >= 15 is 0 Å². The standard InChI is InChI=1S/C21H22FN3O5S/c1-28-18-7-6-17(13-19(18)29-2)31(26,27)25-10-8-14(9-11-25)20-23-21(30-24-20)15-4-3-5-16(22)12-15/h3-7,12-14H,8-11H2,1-2H3. The largest absolute Gasteiger partial charge is 0.493 e. The van der Waals surface area contributed by atoms with Crippen molar-refractivity contribution in [2.45, 2.75) is 23.7 Å². The van der Waals surface area contributed by atoms with Crippen molar-refractivity contribution in [1.29, 1.82) is 0 Å². The van der Waals surface area contributed by atoms with Crippen LogP contribution >= 0.6 is 0 Å². The van der Waals surface area contributed by atoms with Crippen molar-refractivity contribution in [2.75, 3.05) is 27.3 Å². The zero-order chi connectivity index (χ0) is 22.0. The van der Waals surface area contributed by atoms with Crippen LogP contribution in [0.15, 0.2) is 51.9 Å².